The van der Waals surface area contributed by atoms with E-state index in [-0.39, 0.29) is 34.7 Å². The molecule has 0 aliphatic carbocycles. The van der Waals surface area contributed by atoms with Crippen LogP contribution < -0.4 is 5.73 Å². The van der Waals surface area contributed by atoms with Crippen molar-refractivity contribution in [2.75, 3.05) is 0 Å². The minimum absolute atomic E-state index is 0. The minimum atomic E-state index is -1.09. The molecule has 0 amide bonds. The SMILES string of the molecule is CC(C)(C)[C@@H](N)c1c(C(=O)O)ccc(Br)c1O.Cl. The highest BCUT2D eigenvalue weighted by molar-refractivity contribution is 9.10. The van der Waals surface area contributed by atoms with Crippen molar-refractivity contribution in [3.63, 3.8) is 0 Å². The molecule has 0 aliphatic rings. The highest BCUT2D eigenvalue weighted by Gasteiger charge is 2.29. The number of benzene rings is 1. The Bertz CT molecular complexity index is 457. The minimum Gasteiger partial charge on any atom is -0.506 e. The molecule has 0 spiro atoms. The second-order valence-corrected chi connectivity index (χ2v) is 5.86. The zero-order valence-corrected chi connectivity index (χ0v) is 12.8. The maximum absolute atomic E-state index is 11.1. The summed E-state index contributed by atoms with van der Waals surface area (Å²) >= 11 is 3.17. The number of carboxylic acid groups (broad SMARTS) is 1. The molecule has 0 aliphatic heterocycles. The molecule has 0 heterocycles. The average Bonchev–Trinajstić information content (AvgIpc) is 2.19. The third-order valence-electron chi connectivity index (χ3n) is 2.64. The molecule has 18 heavy (non-hydrogen) atoms. The van der Waals surface area contributed by atoms with E-state index in [2.05, 4.69) is 15.9 Å². The molecule has 0 aromatic heterocycles. The summed E-state index contributed by atoms with van der Waals surface area (Å²) in [4.78, 5) is 11.1. The molecule has 0 radical (unpaired) electrons. The van der Waals surface area contributed by atoms with Crippen LogP contribution in [0.4, 0.5) is 0 Å². The van der Waals surface area contributed by atoms with E-state index in [1.807, 2.05) is 20.8 Å². The molecule has 1 aromatic rings. The lowest BCUT2D eigenvalue weighted by molar-refractivity contribution is 0.0693. The fourth-order valence-corrected chi connectivity index (χ4v) is 1.86. The number of aromatic hydroxyl groups is 1. The Kier molecular flexibility index (Phi) is 5.65. The van der Waals surface area contributed by atoms with Gasteiger partial charge in [-0.3, -0.25) is 0 Å². The first-order valence-electron chi connectivity index (χ1n) is 5.16. The number of carboxylic acids is 1. The standard InChI is InChI=1S/C12H16BrNO3.ClH/c1-12(2,3)10(14)8-6(11(16)17)4-5-7(13)9(8)15;/h4-5,10,15H,14H2,1-3H3,(H,16,17);1H/t10-;/m0./s1. The van der Waals surface area contributed by atoms with E-state index in [1.165, 1.54) is 12.1 Å². The van der Waals surface area contributed by atoms with Crippen molar-refractivity contribution in [1.29, 1.82) is 0 Å². The average molecular weight is 339 g/mol. The predicted octanol–water partition coefficient (Wildman–Crippen LogP) is 3.32. The topological polar surface area (TPSA) is 83.6 Å². The third kappa shape index (κ3) is 3.37. The zero-order valence-electron chi connectivity index (χ0n) is 10.4. The van der Waals surface area contributed by atoms with E-state index in [0.29, 0.717) is 4.47 Å². The van der Waals surface area contributed by atoms with Crippen LogP contribution in [-0.4, -0.2) is 16.2 Å². The number of halogens is 2. The van der Waals surface area contributed by atoms with Crippen LogP contribution in [0.3, 0.4) is 0 Å². The summed E-state index contributed by atoms with van der Waals surface area (Å²) in [6, 6.07) is 2.37. The van der Waals surface area contributed by atoms with Crippen molar-refractivity contribution >= 4 is 34.3 Å². The van der Waals surface area contributed by atoms with Gasteiger partial charge in [0, 0.05) is 11.6 Å². The van der Waals surface area contributed by atoms with E-state index in [9.17, 15) is 9.90 Å². The molecule has 102 valence electrons. The fraction of sp³-hybridized carbons (Fsp3) is 0.417. The molecule has 1 atom stereocenters. The van der Waals surface area contributed by atoms with Gasteiger partial charge < -0.3 is 15.9 Å². The second-order valence-electron chi connectivity index (χ2n) is 5.01. The van der Waals surface area contributed by atoms with Crippen LogP contribution in [0, 0.1) is 5.41 Å². The van der Waals surface area contributed by atoms with E-state index in [1.54, 1.807) is 0 Å². The molecule has 6 heteroatoms. The van der Waals surface area contributed by atoms with Crippen LogP contribution in [-0.2, 0) is 0 Å². The second kappa shape index (κ2) is 5.91. The van der Waals surface area contributed by atoms with Gasteiger partial charge in [-0.25, -0.2) is 4.79 Å². The summed E-state index contributed by atoms with van der Waals surface area (Å²) in [6.07, 6.45) is 0. The molecule has 4 nitrogen and oxygen atoms in total. The Balaban J connectivity index is 0.00000289. The molecular formula is C12H17BrClNO3. The smallest absolute Gasteiger partial charge is 0.336 e. The Morgan fingerprint density at radius 1 is 1.39 bits per heavy atom. The van der Waals surface area contributed by atoms with Crippen molar-refractivity contribution in [1.82, 2.24) is 0 Å². The van der Waals surface area contributed by atoms with Crippen molar-refractivity contribution in [2.45, 2.75) is 26.8 Å². The number of phenolic OH excluding ortho intramolecular Hbond substituents is 1. The summed E-state index contributed by atoms with van der Waals surface area (Å²) in [7, 11) is 0. The van der Waals surface area contributed by atoms with Crippen molar-refractivity contribution in [2.24, 2.45) is 11.1 Å². The normalized spacial score (nSPS) is 12.7. The number of hydrogen-bond donors (Lipinski definition) is 3. The number of aromatic carboxylic acids is 1. The summed E-state index contributed by atoms with van der Waals surface area (Å²) in [5.74, 6) is -1.20. The van der Waals surface area contributed by atoms with E-state index in [0.717, 1.165) is 0 Å². The monoisotopic (exact) mass is 337 g/mol. The Labute approximate surface area is 121 Å². The fourth-order valence-electron chi connectivity index (χ4n) is 1.52. The van der Waals surface area contributed by atoms with Gasteiger partial charge in [0.25, 0.3) is 0 Å². The predicted molar refractivity (Wildman–Crippen MR) is 76.4 cm³/mol. The third-order valence-corrected chi connectivity index (χ3v) is 3.28. The van der Waals surface area contributed by atoms with Gasteiger partial charge in [0.2, 0.25) is 0 Å². The lowest BCUT2D eigenvalue weighted by atomic mass is 9.81. The molecule has 0 bridgehead atoms. The summed E-state index contributed by atoms with van der Waals surface area (Å²) in [5.41, 5.74) is 5.99. The Morgan fingerprint density at radius 2 is 1.89 bits per heavy atom. The van der Waals surface area contributed by atoms with E-state index in [4.69, 9.17) is 10.8 Å². The van der Waals surface area contributed by atoms with Crippen molar-refractivity contribution in [3.05, 3.63) is 27.7 Å². The van der Waals surface area contributed by atoms with E-state index < -0.39 is 12.0 Å². The highest BCUT2D eigenvalue weighted by Crippen LogP contribution is 2.40. The van der Waals surface area contributed by atoms with Gasteiger partial charge in [-0.05, 0) is 33.5 Å². The van der Waals surface area contributed by atoms with Crippen LogP contribution in [0.15, 0.2) is 16.6 Å². The molecule has 1 aromatic carbocycles. The molecule has 4 N–H and O–H groups in total. The van der Waals surface area contributed by atoms with Gasteiger partial charge in [0.1, 0.15) is 5.75 Å². The molecular weight excluding hydrogens is 321 g/mol. The van der Waals surface area contributed by atoms with Crippen molar-refractivity contribution in [3.8, 4) is 5.75 Å². The molecule has 0 fully saturated rings. The number of rotatable bonds is 2. The number of nitrogens with two attached hydrogens (primary N) is 1. The van der Waals surface area contributed by atoms with Gasteiger partial charge in [-0.1, -0.05) is 20.8 Å². The van der Waals surface area contributed by atoms with Crippen molar-refractivity contribution < 1.29 is 15.0 Å². The number of carbonyl (C=O) groups is 1. The summed E-state index contributed by atoms with van der Waals surface area (Å²) < 4.78 is 0.442. The first-order valence-corrected chi connectivity index (χ1v) is 5.95. The lowest BCUT2D eigenvalue weighted by Crippen LogP contribution is -2.28. The Hall–Kier alpha value is -0.780. The van der Waals surface area contributed by atoms with Gasteiger partial charge in [-0.2, -0.15) is 0 Å². The van der Waals surface area contributed by atoms with Gasteiger partial charge in [-0.15, -0.1) is 12.4 Å². The van der Waals surface area contributed by atoms with Crippen LogP contribution >= 0.6 is 28.3 Å². The first-order chi connectivity index (χ1) is 7.66. The lowest BCUT2D eigenvalue weighted by Gasteiger charge is -2.29. The molecule has 0 saturated heterocycles. The van der Waals surface area contributed by atoms with Gasteiger partial charge in [0.05, 0.1) is 10.0 Å². The molecule has 0 unspecified atom stereocenters. The summed E-state index contributed by atoms with van der Waals surface area (Å²) in [5, 5.41) is 19.1. The quantitative estimate of drug-likeness (QED) is 0.772. The molecule has 1 rings (SSSR count). The zero-order chi connectivity index (χ0) is 13.4. The molecule has 0 saturated carbocycles. The van der Waals surface area contributed by atoms with Gasteiger partial charge >= 0.3 is 5.97 Å². The first kappa shape index (κ1) is 17.2. The number of hydrogen-bond acceptors (Lipinski definition) is 3. The van der Waals surface area contributed by atoms with Crippen LogP contribution in [0.25, 0.3) is 0 Å². The maximum Gasteiger partial charge on any atom is 0.336 e. The van der Waals surface area contributed by atoms with Crippen LogP contribution in [0.5, 0.6) is 5.75 Å². The van der Waals surface area contributed by atoms with Crippen LogP contribution in [0.1, 0.15) is 42.7 Å². The highest BCUT2D eigenvalue weighted by atomic mass is 79.9. The van der Waals surface area contributed by atoms with Crippen LogP contribution in [0.2, 0.25) is 0 Å². The largest absolute Gasteiger partial charge is 0.506 e. The number of phenols is 1. The Morgan fingerprint density at radius 3 is 2.28 bits per heavy atom. The van der Waals surface area contributed by atoms with Gasteiger partial charge in [0.15, 0.2) is 0 Å². The van der Waals surface area contributed by atoms with E-state index >= 15 is 0 Å². The maximum atomic E-state index is 11.1. The summed E-state index contributed by atoms with van der Waals surface area (Å²) in [6.45, 7) is 5.68.